The first-order valence-corrected chi connectivity index (χ1v) is 5.74. The van der Waals surface area contributed by atoms with Crippen molar-refractivity contribution in [1.29, 1.82) is 0 Å². The van der Waals surface area contributed by atoms with E-state index in [1.54, 1.807) is 11.3 Å². The Morgan fingerprint density at radius 2 is 2.07 bits per heavy atom. The number of fused-ring (bicyclic) bond motifs is 1. The summed E-state index contributed by atoms with van der Waals surface area (Å²) in [5.74, 6) is 1.37. The molecule has 2 aromatic rings. The number of hydrogen-bond donors (Lipinski definition) is 0. The normalized spacial score (nSPS) is 16.4. The summed E-state index contributed by atoms with van der Waals surface area (Å²) < 4.78 is 0. The maximum absolute atomic E-state index is 5.99. The lowest BCUT2D eigenvalue weighted by atomic mass is 10.4. The van der Waals surface area contributed by atoms with Crippen LogP contribution in [0.3, 0.4) is 0 Å². The highest BCUT2D eigenvalue weighted by atomic mass is 35.5. The van der Waals surface area contributed by atoms with Gasteiger partial charge >= 0.3 is 0 Å². The number of hydrogen-bond acceptors (Lipinski definition) is 4. The Morgan fingerprint density at radius 1 is 1.29 bits per heavy atom. The third-order valence-electron chi connectivity index (χ3n) is 2.27. The Balaban J connectivity index is 2.26. The van der Waals surface area contributed by atoms with Gasteiger partial charge in [-0.15, -0.1) is 0 Å². The van der Waals surface area contributed by atoms with E-state index in [-0.39, 0.29) is 0 Å². The highest BCUT2D eigenvalue weighted by molar-refractivity contribution is 7.18. The molecule has 1 saturated carbocycles. The van der Waals surface area contributed by atoms with Gasteiger partial charge in [-0.2, -0.15) is 0 Å². The van der Waals surface area contributed by atoms with Gasteiger partial charge < -0.3 is 0 Å². The third-order valence-corrected chi connectivity index (χ3v) is 3.65. The molecule has 0 amide bonds. The van der Waals surface area contributed by atoms with E-state index < -0.39 is 0 Å². The minimum Gasteiger partial charge on any atom is -0.236 e. The molecule has 1 aliphatic rings. The van der Waals surface area contributed by atoms with Crippen LogP contribution in [0, 0.1) is 6.92 Å². The zero-order valence-electron chi connectivity index (χ0n) is 7.62. The zero-order valence-corrected chi connectivity index (χ0v) is 9.19. The first-order valence-electron chi connectivity index (χ1n) is 4.54. The molecule has 0 spiro atoms. The average molecular weight is 226 g/mol. The van der Waals surface area contributed by atoms with Gasteiger partial charge in [-0.25, -0.2) is 15.0 Å². The van der Waals surface area contributed by atoms with E-state index in [4.69, 9.17) is 11.6 Å². The molecular formula is C9H8ClN3S. The Morgan fingerprint density at radius 3 is 2.79 bits per heavy atom. The molecular weight excluding hydrogens is 218 g/mol. The van der Waals surface area contributed by atoms with Gasteiger partial charge in [-0.05, 0) is 19.8 Å². The van der Waals surface area contributed by atoms with Crippen LogP contribution in [0.2, 0.25) is 5.15 Å². The maximum atomic E-state index is 5.99. The second-order valence-electron chi connectivity index (χ2n) is 3.54. The predicted octanol–water partition coefficient (Wildman–Crippen LogP) is 2.93. The second-order valence-corrected chi connectivity index (χ2v) is 4.91. The Bertz CT molecular complexity index is 504. The fourth-order valence-corrected chi connectivity index (χ4v) is 2.87. The van der Waals surface area contributed by atoms with Crippen LogP contribution in [0.5, 0.6) is 0 Å². The number of aryl methyl sites for hydroxylation is 1. The fourth-order valence-electron chi connectivity index (χ4n) is 1.41. The van der Waals surface area contributed by atoms with E-state index in [2.05, 4.69) is 15.0 Å². The quantitative estimate of drug-likeness (QED) is 0.701. The van der Waals surface area contributed by atoms with Gasteiger partial charge in [-0.1, -0.05) is 22.9 Å². The van der Waals surface area contributed by atoms with Crippen LogP contribution >= 0.6 is 22.9 Å². The molecule has 0 unspecified atom stereocenters. The van der Waals surface area contributed by atoms with Crippen LogP contribution in [0.4, 0.5) is 0 Å². The van der Waals surface area contributed by atoms with Gasteiger partial charge in [0.2, 0.25) is 0 Å². The fraction of sp³-hybridized carbons (Fsp3) is 0.444. The molecule has 0 aliphatic heterocycles. The van der Waals surface area contributed by atoms with E-state index in [0.717, 1.165) is 10.3 Å². The molecule has 0 radical (unpaired) electrons. The molecule has 0 N–H and O–H groups in total. The molecule has 3 rings (SSSR count). The van der Waals surface area contributed by atoms with Crippen LogP contribution in [-0.4, -0.2) is 15.0 Å². The molecule has 1 fully saturated rings. The third kappa shape index (κ3) is 1.29. The number of halogens is 1. The maximum Gasteiger partial charge on any atom is 0.159 e. The summed E-state index contributed by atoms with van der Waals surface area (Å²) in [5, 5.41) is 1.65. The van der Waals surface area contributed by atoms with E-state index in [1.807, 2.05) is 6.92 Å². The Kier molecular flexibility index (Phi) is 1.76. The molecule has 72 valence electrons. The second kappa shape index (κ2) is 2.87. The first-order chi connectivity index (χ1) is 6.74. The van der Waals surface area contributed by atoms with E-state index in [0.29, 0.717) is 16.9 Å². The molecule has 2 aromatic heterocycles. The van der Waals surface area contributed by atoms with E-state index in [9.17, 15) is 0 Å². The van der Waals surface area contributed by atoms with Gasteiger partial charge in [0.25, 0.3) is 0 Å². The van der Waals surface area contributed by atoms with Gasteiger partial charge in [0.05, 0.1) is 5.01 Å². The molecule has 5 heteroatoms. The predicted molar refractivity (Wildman–Crippen MR) is 56.9 cm³/mol. The van der Waals surface area contributed by atoms with Crippen LogP contribution in [0.1, 0.15) is 29.6 Å². The molecule has 0 atom stereocenters. The molecule has 0 saturated heterocycles. The van der Waals surface area contributed by atoms with Crippen molar-refractivity contribution in [3.8, 4) is 0 Å². The van der Waals surface area contributed by atoms with Crippen LogP contribution < -0.4 is 0 Å². The minimum atomic E-state index is 0.482. The summed E-state index contributed by atoms with van der Waals surface area (Å²) in [6.45, 7) is 1.85. The topological polar surface area (TPSA) is 38.7 Å². The van der Waals surface area contributed by atoms with Crippen molar-refractivity contribution in [2.24, 2.45) is 0 Å². The summed E-state index contributed by atoms with van der Waals surface area (Å²) in [7, 11) is 0. The number of aromatic nitrogens is 3. The molecule has 1 aliphatic carbocycles. The largest absolute Gasteiger partial charge is 0.236 e. The van der Waals surface area contributed by atoms with Crippen molar-refractivity contribution in [2.45, 2.75) is 25.7 Å². The number of thiazole rings is 1. The Labute approximate surface area is 90.2 Å². The summed E-state index contributed by atoms with van der Waals surface area (Å²) in [6.07, 6.45) is 2.51. The molecule has 3 nitrogen and oxygen atoms in total. The van der Waals surface area contributed by atoms with Gasteiger partial charge in [0, 0.05) is 5.92 Å². The Hall–Kier alpha value is -0.740. The SMILES string of the molecule is Cc1nc(Cl)c2nc(C3CC3)sc2n1. The highest BCUT2D eigenvalue weighted by Gasteiger charge is 2.27. The van der Waals surface area contributed by atoms with Crippen molar-refractivity contribution < 1.29 is 0 Å². The average Bonchev–Trinajstić information content (AvgIpc) is 2.87. The van der Waals surface area contributed by atoms with E-state index in [1.165, 1.54) is 17.8 Å². The standard InChI is InChI=1S/C9H8ClN3S/c1-4-11-7(10)6-9(12-4)14-8(13-6)5-2-3-5/h5H,2-3H2,1H3. The lowest BCUT2D eigenvalue weighted by molar-refractivity contribution is 1.07. The minimum absolute atomic E-state index is 0.482. The lowest BCUT2D eigenvalue weighted by Gasteiger charge is -1.92. The van der Waals surface area contributed by atoms with Crippen molar-refractivity contribution in [3.05, 3.63) is 16.0 Å². The number of nitrogens with zero attached hydrogens (tertiary/aromatic N) is 3. The van der Waals surface area contributed by atoms with Crippen molar-refractivity contribution >= 4 is 33.3 Å². The van der Waals surface area contributed by atoms with Crippen LogP contribution in [0.15, 0.2) is 0 Å². The van der Waals surface area contributed by atoms with Crippen molar-refractivity contribution in [1.82, 2.24) is 15.0 Å². The van der Waals surface area contributed by atoms with Crippen LogP contribution in [-0.2, 0) is 0 Å². The zero-order chi connectivity index (χ0) is 9.71. The molecule has 0 aromatic carbocycles. The summed E-state index contributed by atoms with van der Waals surface area (Å²) in [4.78, 5) is 13.8. The van der Waals surface area contributed by atoms with E-state index >= 15 is 0 Å². The monoisotopic (exact) mass is 225 g/mol. The van der Waals surface area contributed by atoms with Gasteiger partial charge in [-0.3, -0.25) is 0 Å². The summed E-state index contributed by atoms with van der Waals surface area (Å²) >= 11 is 7.64. The summed E-state index contributed by atoms with van der Waals surface area (Å²) in [5.41, 5.74) is 0.768. The van der Waals surface area contributed by atoms with Gasteiger partial charge in [0.1, 0.15) is 16.2 Å². The lowest BCUT2D eigenvalue weighted by Crippen LogP contribution is -1.87. The van der Waals surface area contributed by atoms with Gasteiger partial charge in [0.15, 0.2) is 5.15 Å². The van der Waals surface area contributed by atoms with Crippen LogP contribution in [0.25, 0.3) is 10.3 Å². The smallest absolute Gasteiger partial charge is 0.159 e. The first kappa shape index (κ1) is 8.56. The van der Waals surface area contributed by atoms with Crippen molar-refractivity contribution in [3.63, 3.8) is 0 Å². The molecule has 2 heterocycles. The summed E-state index contributed by atoms with van der Waals surface area (Å²) in [6, 6.07) is 0. The highest BCUT2D eigenvalue weighted by Crippen LogP contribution is 2.43. The van der Waals surface area contributed by atoms with Crippen molar-refractivity contribution in [2.75, 3.05) is 0 Å². The number of rotatable bonds is 1. The molecule has 0 bridgehead atoms. The molecule has 14 heavy (non-hydrogen) atoms.